The molecule has 0 aliphatic heterocycles. The number of para-hydroxylation sites is 2. The van der Waals surface area contributed by atoms with Crippen LogP contribution in [-0.2, 0) is 11.2 Å². The van der Waals surface area contributed by atoms with Gasteiger partial charge in [0, 0.05) is 18.3 Å². The van der Waals surface area contributed by atoms with Gasteiger partial charge < -0.3 is 14.5 Å². The van der Waals surface area contributed by atoms with Crippen molar-refractivity contribution in [2.24, 2.45) is 0 Å². The van der Waals surface area contributed by atoms with Crippen LogP contribution in [0.25, 0.3) is 5.65 Å². The Bertz CT molecular complexity index is 884. The molecule has 3 rings (SSSR count). The summed E-state index contributed by atoms with van der Waals surface area (Å²) in [6.45, 7) is 5.91. The molecule has 0 saturated heterocycles. The summed E-state index contributed by atoms with van der Waals surface area (Å²) in [5.41, 5.74) is 3.64. The highest BCUT2D eigenvalue weighted by Crippen LogP contribution is 2.25. The molecule has 1 amide bonds. The van der Waals surface area contributed by atoms with E-state index < -0.39 is 0 Å². The summed E-state index contributed by atoms with van der Waals surface area (Å²) in [4.78, 5) is 16.9. The number of benzene rings is 1. The molecule has 2 heterocycles. The molecular weight excluding hydrogens is 314 g/mol. The molecule has 3 aromatic rings. The Morgan fingerprint density at radius 1 is 1.20 bits per heavy atom. The van der Waals surface area contributed by atoms with Gasteiger partial charge >= 0.3 is 0 Å². The van der Waals surface area contributed by atoms with Crippen molar-refractivity contribution in [2.75, 3.05) is 5.32 Å². The lowest BCUT2D eigenvalue weighted by Gasteiger charge is -2.14. The largest absolute Gasteiger partial charge is 0.489 e. The summed E-state index contributed by atoms with van der Waals surface area (Å²) in [6.07, 6.45) is 3.06. The molecule has 130 valence electrons. The maximum atomic E-state index is 12.4. The molecule has 0 spiro atoms. The van der Waals surface area contributed by atoms with Crippen molar-refractivity contribution in [1.29, 1.82) is 0 Å². The van der Waals surface area contributed by atoms with E-state index >= 15 is 0 Å². The van der Waals surface area contributed by atoms with Gasteiger partial charge in [0.25, 0.3) is 0 Å². The standard InChI is InChI=1S/C20H23N3O2/c1-14(2)25-18-9-5-4-8-16(18)22-20(24)12-11-17-15(3)21-19-10-6-7-13-23(17)19/h4-10,13-14H,11-12H2,1-3H3,(H,22,24). The van der Waals surface area contributed by atoms with E-state index in [1.807, 2.05) is 73.8 Å². The van der Waals surface area contributed by atoms with Crippen molar-refractivity contribution in [3.05, 3.63) is 60.0 Å². The van der Waals surface area contributed by atoms with Crippen molar-refractivity contribution < 1.29 is 9.53 Å². The lowest BCUT2D eigenvalue weighted by molar-refractivity contribution is -0.116. The van der Waals surface area contributed by atoms with Gasteiger partial charge in [-0.3, -0.25) is 4.79 Å². The minimum absolute atomic E-state index is 0.0370. The molecule has 25 heavy (non-hydrogen) atoms. The van der Waals surface area contributed by atoms with E-state index in [9.17, 15) is 4.79 Å². The van der Waals surface area contributed by atoms with E-state index in [1.54, 1.807) is 0 Å². The maximum Gasteiger partial charge on any atom is 0.224 e. The van der Waals surface area contributed by atoms with Crippen molar-refractivity contribution in [3.63, 3.8) is 0 Å². The number of rotatable bonds is 6. The molecule has 0 aliphatic carbocycles. The molecular formula is C20H23N3O2. The number of nitrogens with zero attached hydrogens (tertiary/aromatic N) is 2. The predicted molar refractivity (Wildman–Crippen MR) is 99.1 cm³/mol. The van der Waals surface area contributed by atoms with Crippen LogP contribution in [0.5, 0.6) is 5.75 Å². The minimum Gasteiger partial charge on any atom is -0.489 e. The summed E-state index contributed by atoms with van der Waals surface area (Å²) in [5, 5.41) is 2.95. The van der Waals surface area contributed by atoms with E-state index in [4.69, 9.17) is 4.74 Å². The quantitative estimate of drug-likeness (QED) is 0.739. The zero-order valence-corrected chi connectivity index (χ0v) is 14.8. The smallest absolute Gasteiger partial charge is 0.224 e. The van der Waals surface area contributed by atoms with E-state index in [1.165, 1.54) is 0 Å². The average Bonchev–Trinajstić information content (AvgIpc) is 2.89. The Morgan fingerprint density at radius 2 is 1.96 bits per heavy atom. The Balaban J connectivity index is 1.68. The molecule has 0 bridgehead atoms. The Kier molecular flexibility index (Phi) is 5.03. The molecule has 2 aromatic heterocycles. The number of hydrogen-bond acceptors (Lipinski definition) is 3. The summed E-state index contributed by atoms with van der Waals surface area (Å²) in [6, 6.07) is 13.4. The number of anilines is 1. The number of imidazole rings is 1. The second-order valence-corrected chi connectivity index (χ2v) is 6.28. The number of aryl methyl sites for hydroxylation is 2. The lowest BCUT2D eigenvalue weighted by atomic mass is 10.2. The highest BCUT2D eigenvalue weighted by atomic mass is 16.5. The van der Waals surface area contributed by atoms with Crippen LogP contribution < -0.4 is 10.1 Å². The first-order valence-electron chi connectivity index (χ1n) is 8.52. The molecule has 0 fully saturated rings. The minimum atomic E-state index is -0.0370. The van der Waals surface area contributed by atoms with E-state index in [-0.39, 0.29) is 12.0 Å². The van der Waals surface area contributed by atoms with Crippen LogP contribution in [0.1, 0.15) is 31.7 Å². The zero-order chi connectivity index (χ0) is 17.8. The summed E-state index contributed by atoms with van der Waals surface area (Å²) < 4.78 is 7.78. The Labute approximate surface area is 147 Å². The summed E-state index contributed by atoms with van der Waals surface area (Å²) in [5.74, 6) is 0.655. The maximum absolute atomic E-state index is 12.4. The van der Waals surface area contributed by atoms with Crippen molar-refractivity contribution >= 4 is 17.2 Å². The summed E-state index contributed by atoms with van der Waals surface area (Å²) >= 11 is 0. The molecule has 0 unspecified atom stereocenters. The third-order valence-electron chi connectivity index (χ3n) is 3.94. The third-order valence-corrected chi connectivity index (χ3v) is 3.94. The zero-order valence-electron chi connectivity index (χ0n) is 14.8. The molecule has 5 nitrogen and oxygen atoms in total. The topological polar surface area (TPSA) is 55.6 Å². The SMILES string of the molecule is Cc1nc2ccccn2c1CCC(=O)Nc1ccccc1OC(C)C. The number of aromatic nitrogens is 2. The number of carbonyl (C=O) groups is 1. The molecule has 0 radical (unpaired) electrons. The van der Waals surface area contributed by atoms with Gasteiger partial charge in [0.1, 0.15) is 11.4 Å². The molecule has 1 N–H and O–H groups in total. The normalized spacial score (nSPS) is 11.0. The van der Waals surface area contributed by atoms with Crippen molar-refractivity contribution in [3.8, 4) is 5.75 Å². The van der Waals surface area contributed by atoms with Crippen LogP contribution >= 0.6 is 0 Å². The second kappa shape index (κ2) is 7.38. The van der Waals surface area contributed by atoms with Gasteiger partial charge in [0.15, 0.2) is 0 Å². The fourth-order valence-electron chi connectivity index (χ4n) is 2.84. The van der Waals surface area contributed by atoms with E-state index in [2.05, 4.69) is 10.3 Å². The van der Waals surface area contributed by atoms with Crippen LogP contribution in [0.3, 0.4) is 0 Å². The van der Waals surface area contributed by atoms with Gasteiger partial charge in [0.05, 0.1) is 17.5 Å². The number of amides is 1. The fourth-order valence-corrected chi connectivity index (χ4v) is 2.84. The molecule has 0 saturated carbocycles. The van der Waals surface area contributed by atoms with Gasteiger partial charge in [0.2, 0.25) is 5.91 Å². The first kappa shape index (κ1) is 17.0. The van der Waals surface area contributed by atoms with Gasteiger partial charge in [-0.2, -0.15) is 0 Å². The molecule has 5 heteroatoms. The fraction of sp³-hybridized carbons (Fsp3) is 0.300. The van der Waals surface area contributed by atoms with Gasteiger partial charge in [-0.1, -0.05) is 18.2 Å². The van der Waals surface area contributed by atoms with Gasteiger partial charge in [-0.05, 0) is 51.5 Å². The van der Waals surface area contributed by atoms with Crippen LogP contribution in [0.15, 0.2) is 48.7 Å². The Hall–Kier alpha value is -2.82. The van der Waals surface area contributed by atoms with E-state index in [0.717, 1.165) is 17.0 Å². The number of hydrogen-bond donors (Lipinski definition) is 1. The number of fused-ring (bicyclic) bond motifs is 1. The lowest BCUT2D eigenvalue weighted by Crippen LogP contribution is -2.15. The number of pyridine rings is 1. The predicted octanol–water partition coefficient (Wildman–Crippen LogP) is 4.00. The van der Waals surface area contributed by atoms with Crippen molar-refractivity contribution in [2.45, 2.75) is 39.7 Å². The van der Waals surface area contributed by atoms with Crippen LogP contribution in [0.2, 0.25) is 0 Å². The van der Waals surface area contributed by atoms with Gasteiger partial charge in [-0.15, -0.1) is 0 Å². The van der Waals surface area contributed by atoms with Crippen molar-refractivity contribution in [1.82, 2.24) is 9.38 Å². The Morgan fingerprint density at radius 3 is 2.76 bits per heavy atom. The second-order valence-electron chi connectivity index (χ2n) is 6.28. The molecule has 0 aliphatic rings. The average molecular weight is 337 g/mol. The third kappa shape index (κ3) is 3.99. The highest BCUT2D eigenvalue weighted by molar-refractivity contribution is 5.92. The van der Waals surface area contributed by atoms with Crippen LogP contribution in [-0.4, -0.2) is 21.4 Å². The van der Waals surface area contributed by atoms with Crippen LogP contribution in [0.4, 0.5) is 5.69 Å². The monoisotopic (exact) mass is 337 g/mol. The first-order valence-corrected chi connectivity index (χ1v) is 8.52. The number of nitrogens with one attached hydrogen (secondary N) is 1. The number of ether oxygens (including phenoxy) is 1. The summed E-state index contributed by atoms with van der Waals surface area (Å²) in [7, 11) is 0. The number of carbonyl (C=O) groups excluding carboxylic acids is 1. The van der Waals surface area contributed by atoms with E-state index in [0.29, 0.717) is 24.3 Å². The molecule has 1 aromatic carbocycles. The van der Waals surface area contributed by atoms with Gasteiger partial charge in [-0.25, -0.2) is 4.98 Å². The molecule has 0 atom stereocenters. The first-order chi connectivity index (χ1) is 12.0. The highest BCUT2D eigenvalue weighted by Gasteiger charge is 2.12. The van der Waals surface area contributed by atoms with Crippen LogP contribution in [0, 0.1) is 6.92 Å².